The molecule has 1 aromatic heterocycles. The third-order valence-corrected chi connectivity index (χ3v) is 3.42. The Hall–Kier alpha value is -2.12. The van der Waals surface area contributed by atoms with E-state index in [0.717, 1.165) is 31.1 Å². The van der Waals surface area contributed by atoms with Crippen LogP contribution < -0.4 is 0 Å². The van der Waals surface area contributed by atoms with Crippen molar-refractivity contribution in [3.05, 3.63) is 42.2 Å². The highest BCUT2D eigenvalue weighted by molar-refractivity contribution is 5.58. The number of nitrogens with zero attached hydrogens (tertiary/aromatic N) is 3. The maximum Gasteiger partial charge on any atom is 0.139 e. The first-order chi connectivity index (χ1) is 9.20. The summed E-state index contributed by atoms with van der Waals surface area (Å²) in [5.74, 6) is 0.908. The molecule has 0 N–H and O–H groups in total. The van der Waals surface area contributed by atoms with Crippen LogP contribution in [0.25, 0.3) is 11.4 Å². The SMILES string of the molecule is CC1(Cn2ccnc2-c2cccc(C#N)c2)COC1. The number of rotatable bonds is 3. The summed E-state index contributed by atoms with van der Waals surface area (Å²) in [7, 11) is 0. The Labute approximate surface area is 112 Å². The molecule has 2 heterocycles. The smallest absolute Gasteiger partial charge is 0.139 e. The van der Waals surface area contributed by atoms with E-state index in [1.165, 1.54) is 0 Å². The standard InChI is InChI=1S/C15H15N3O/c1-15(10-19-11-15)9-18-6-5-17-14(18)13-4-2-3-12(7-13)8-16/h2-7H,9-11H2,1H3. The zero-order valence-electron chi connectivity index (χ0n) is 10.8. The molecule has 0 bridgehead atoms. The first-order valence-electron chi connectivity index (χ1n) is 6.30. The second-order valence-corrected chi connectivity index (χ2v) is 5.37. The van der Waals surface area contributed by atoms with Gasteiger partial charge in [-0.3, -0.25) is 0 Å². The molecular formula is C15H15N3O. The molecule has 0 saturated carbocycles. The van der Waals surface area contributed by atoms with Gasteiger partial charge < -0.3 is 9.30 Å². The minimum Gasteiger partial charge on any atom is -0.380 e. The Kier molecular flexibility index (Phi) is 2.84. The van der Waals surface area contributed by atoms with E-state index in [1.807, 2.05) is 24.4 Å². The maximum atomic E-state index is 8.97. The quantitative estimate of drug-likeness (QED) is 0.844. The van der Waals surface area contributed by atoms with Gasteiger partial charge in [0.1, 0.15) is 5.82 Å². The monoisotopic (exact) mass is 253 g/mol. The van der Waals surface area contributed by atoms with Gasteiger partial charge in [-0.1, -0.05) is 19.1 Å². The average molecular weight is 253 g/mol. The van der Waals surface area contributed by atoms with Gasteiger partial charge in [-0.05, 0) is 12.1 Å². The number of ether oxygens (including phenoxy) is 1. The number of imidazole rings is 1. The summed E-state index contributed by atoms with van der Waals surface area (Å²) in [4.78, 5) is 4.42. The maximum absolute atomic E-state index is 8.97. The van der Waals surface area contributed by atoms with Crippen molar-refractivity contribution in [2.75, 3.05) is 13.2 Å². The van der Waals surface area contributed by atoms with Crippen LogP contribution in [0, 0.1) is 16.7 Å². The largest absolute Gasteiger partial charge is 0.380 e. The fourth-order valence-electron chi connectivity index (χ4n) is 2.38. The predicted octanol–water partition coefficient (Wildman–Crippen LogP) is 2.46. The van der Waals surface area contributed by atoms with E-state index in [-0.39, 0.29) is 5.41 Å². The highest BCUT2D eigenvalue weighted by Gasteiger charge is 2.34. The first-order valence-corrected chi connectivity index (χ1v) is 6.30. The molecule has 1 aromatic carbocycles. The lowest BCUT2D eigenvalue weighted by atomic mass is 9.88. The Morgan fingerprint density at radius 1 is 1.47 bits per heavy atom. The van der Waals surface area contributed by atoms with Crippen LogP contribution >= 0.6 is 0 Å². The molecule has 1 saturated heterocycles. The molecular weight excluding hydrogens is 238 g/mol. The van der Waals surface area contributed by atoms with E-state index in [2.05, 4.69) is 22.5 Å². The van der Waals surface area contributed by atoms with E-state index in [9.17, 15) is 0 Å². The molecule has 1 aliphatic heterocycles. The van der Waals surface area contributed by atoms with Crippen LogP contribution in [0.4, 0.5) is 0 Å². The Bertz CT molecular complexity index is 635. The minimum absolute atomic E-state index is 0.197. The van der Waals surface area contributed by atoms with Crippen molar-refractivity contribution in [2.45, 2.75) is 13.5 Å². The van der Waals surface area contributed by atoms with Crippen molar-refractivity contribution >= 4 is 0 Å². The molecule has 1 aliphatic rings. The lowest BCUT2D eigenvalue weighted by Crippen LogP contribution is -2.43. The van der Waals surface area contributed by atoms with E-state index >= 15 is 0 Å². The first kappa shape index (κ1) is 11.9. The number of aromatic nitrogens is 2. The van der Waals surface area contributed by atoms with Crippen LogP contribution in [-0.2, 0) is 11.3 Å². The van der Waals surface area contributed by atoms with Crippen molar-refractivity contribution in [1.29, 1.82) is 5.26 Å². The molecule has 0 aliphatic carbocycles. The fraction of sp³-hybridized carbons (Fsp3) is 0.333. The lowest BCUT2D eigenvalue weighted by Gasteiger charge is -2.38. The molecule has 4 heteroatoms. The van der Waals surface area contributed by atoms with Gasteiger partial charge >= 0.3 is 0 Å². The molecule has 19 heavy (non-hydrogen) atoms. The molecule has 1 fully saturated rings. The van der Waals surface area contributed by atoms with Crippen LogP contribution in [0.2, 0.25) is 0 Å². The molecule has 4 nitrogen and oxygen atoms in total. The van der Waals surface area contributed by atoms with Gasteiger partial charge in [0.2, 0.25) is 0 Å². The molecule has 0 unspecified atom stereocenters. The van der Waals surface area contributed by atoms with Gasteiger partial charge in [0, 0.05) is 29.9 Å². The molecule has 0 spiro atoms. The Morgan fingerprint density at radius 3 is 3.00 bits per heavy atom. The van der Waals surface area contributed by atoms with Crippen LogP contribution in [-0.4, -0.2) is 22.8 Å². The van der Waals surface area contributed by atoms with Gasteiger partial charge in [0.15, 0.2) is 0 Å². The number of hydrogen-bond acceptors (Lipinski definition) is 3. The summed E-state index contributed by atoms with van der Waals surface area (Å²) >= 11 is 0. The average Bonchev–Trinajstić information content (AvgIpc) is 2.85. The molecule has 3 rings (SSSR count). The van der Waals surface area contributed by atoms with Crippen molar-refractivity contribution in [3.63, 3.8) is 0 Å². The summed E-state index contributed by atoms with van der Waals surface area (Å²) in [6.07, 6.45) is 3.79. The van der Waals surface area contributed by atoms with Gasteiger partial charge in [-0.25, -0.2) is 4.98 Å². The topological polar surface area (TPSA) is 50.8 Å². The van der Waals surface area contributed by atoms with Crippen LogP contribution in [0.1, 0.15) is 12.5 Å². The molecule has 0 radical (unpaired) electrons. The van der Waals surface area contributed by atoms with E-state index in [0.29, 0.717) is 5.56 Å². The van der Waals surface area contributed by atoms with Crippen molar-refractivity contribution in [1.82, 2.24) is 9.55 Å². The second kappa shape index (κ2) is 4.52. The van der Waals surface area contributed by atoms with Crippen molar-refractivity contribution < 1.29 is 4.74 Å². The number of benzene rings is 1. The molecule has 0 amide bonds. The van der Waals surface area contributed by atoms with Crippen molar-refractivity contribution in [2.24, 2.45) is 5.41 Å². The Balaban J connectivity index is 1.93. The molecule has 96 valence electrons. The summed E-state index contributed by atoms with van der Waals surface area (Å²) in [6, 6.07) is 9.71. The third kappa shape index (κ3) is 2.25. The summed E-state index contributed by atoms with van der Waals surface area (Å²) in [6.45, 7) is 4.69. The zero-order valence-corrected chi connectivity index (χ0v) is 10.8. The predicted molar refractivity (Wildman–Crippen MR) is 71.3 cm³/mol. The van der Waals surface area contributed by atoms with E-state index in [4.69, 9.17) is 10.00 Å². The van der Waals surface area contributed by atoms with E-state index < -0.39 is 0 Å². The fourth-order valence-corrected chi connectivity index (χ4v) is 2.38. The van der Waals surface area contributed by atoms with Gasteiger partial charge in [0.25, 0.3) is 0 Å². The van der Waals surface area contributed by atoms with Crippen LogP contribution in [0.3, 0.4) is 0 Å². The number of hydrogen-bond donors (Lipinski definition) is 0. The lowest BCUT2D eigenvalue weighted by molar-refractivity contribution is -0.109. The van der Waals surface area contributed by atoms with Crippen LogP contribution in [0.5, 0.6) is 0 Å². The van der Waals surface area contributed by atoms with Gasteiger partial charge in [-0.2, -0.15) is 5.26 Å². The van der Waals surface area contributed by atoms with E-state index in [1.54, 1.807) is 12.3 Å². The summed E-state index contributed by atoms with van der Waals surface area (Å²) < 4.78 is 7.43. The van der Waals surface area contributed by atoms with Gasteiger partial charge in [0.05, 0.1) is 24.8 Å². The van der Waals surface area contributed by atoms with Crippen LogP contribution in [0.15, 0.2) is 36.7 Å². The summed E-state index contributed by atoms with van der Waals surface area (Å²) in [5.41, 5.74) is 1.83. The Morgan fingerprint density at radius 2 is 2.32 bits per heavy atom. The minimum atomic E-state index is 0.197. The third-order valence-electron chi connectivity index (χ3n) is 3.42. The number of nitriles is 1. The second-order valence-electron chi connectivity index (χ2n) is 5.37. The molecule has 0 atom stereocenters. The highest BCUT2D eigenvalue weighted by atomic mass is 16.5. The summed E-state index contributed by atoms with van der Waals surface area (Å²) in [5, 5.41) is 8.97. The van der Waals surface area contributed by atoms with Gasteiger partial charge in [-0.15, -0.1) is 0 Å². The molecule has 2 aromatic rings. The highest BCUT2D eigenvalue weighted by Crippen LogP contribution is 2.30. The zero-order chi connectivity index (χ0) is 13.3. The van der Waals surface area contributed by atoms with Crippen molar-refractivity contribution in [3.8, 4) is 17.5 Å². The normalized spacial score (nSPS) is 16.6.